The highest BCUT2D eigenvalue weighted by Gasteiger charge is 2.28. The smallest absolute Gasteiger partial charge is 0.296 e. The fraction of sp³-hybridized carbons (Fsp3) is 0.250. The summed E-state index contributed by atoms with van der Waals surface area (Å²) in [5, 5.41) is 12.9. The first-order valence-electron chi connectivity index (χ1n) is 10.4. The maximum Gasteiger partial charge on any atom is 0.296 e. The van der Waals surface area contributed by atoms with E-state index in [0.29, 0.717) is 17.7 Å². The largest absolute Gasteiger partial charge is 0.501 e. The number of benzene rings is 2. The van der Waals surface area contributed by atoms with E-state index in [4.69, 9.17) is 0 Å². The van der Waals surface area contributed by atoms with Crippen LogP contribution in [0.1, 0.15) is 52.1 Å². The van der Waals surface area contributed by atoms with Crippen LogP contribution in [0.15, 0.2) is 59.4 Å². The number of aromatic nitrogens is 2. The molecule has 0 fully saturated rings. The second-order valence-corrected chi connectivity index (χ2v) is 7.47. The summed E-state index contributed by atoms with van der Waals surface area (Å²) in [6.07, 6.45) is 0. The molecule has 33 heavy (non-hydrogen) atoms. The molecule has 1 heterocycles. The summed E-state index contributed by atoms with van der Waals surface area (Å²) in [5.74, 6) is -2.06. The molecule has 1 atom stereocenters. The average molecular weight is 452 g/mol. The van der Waals surface area contributed by atoms with Crippen molar-refractivity contribution in [2.45, 2.75) is 26.4 Å². The van der Waals surface area contributed by atoms with Gasteiger partial charge in [0.25, 0.3) is 17.4 Å². The van der Waals surface area contributed by atoms with Crippen LogP contribution in [0, 0.1) is 5.82 Å². The van der Waals surface area contributed by atoms with Crippen LogP contribution in [0.4, 0.5) is 4.39 Å². The third kappa shape index (κ3) is 5.08. The quantitative estimate of drug-likeness (QED) is 0.574. The van der Waals surface area contributed by atoms with Crippen LogP contribution < -0.4 is 10.9 Å². The minimum absolute atomic E-state index is 0.0495. The molecule has 0 radical (unpaired) electrons. The number of hydrogen-bond acceptors (Lipinski definition) is 5. The van der Waals surface area contributed by atoms with Crippen LogP contribution in [-0.2, 0) is 13.6 Å². The Kier molecular flexibility index (Phi) is 7.22. The predicted molar refractivity (Wildman–Crippen MR) is 120 cm³/mol. The Morgan fingerprint density at radius 2 is 1.79 bits per heavy atom. The van der Waals surface area contributed by atoms with E-state index in [2.05, 4.69) is 10.3 Å². The summed E-state index contributed by atoms with van der Waals surface area (Å²) in [7, 11) is 1.42. The lowest BCUT2D eigenvalue weighted by Crippen LogP contribution is -2.38. The van der Waals surface area contributed by atoms with E-state index in [9.17, 15) is 23.9 Å². The summed E-state index contributed by atoms with van der Waals surface area (Å²) < 4.78 is 14.2. The highest BCUT2D eigenvalue weighted by atomic mass is 19.1. The number of aromatic hydroxyl groups is 1. The van der Waals surface area contributed by atoms with Gasteiger partial charge in [0.15, 0.2) is 5.69 Å². The molecule has 0 aliphatic carbocycles. The maximum absolute atomic E-state index is 13.1. The number of hydrogen-bond donors (Lipinski definition) is 2. The minimum atomic E-state index is -0.804. The second-order valence-electron chi connectivity index (χ2n) is 7.47. The van der Waals surface area contributed by atoms with Gasteiger partial charge in [-0.25, -0.2) is 9.37 Å². The zero-order chi connectivity index (χ0) is 24.1. The fourth-order valence-electron chi connectivity index (χ4n) is 3.49. The predicted octanol–water partition coefficient (Wildman–Crippen LogP) is 2.78. The van der Waals surface area contributed by atoms with Crippen molar-refractivity contribution in [2.75, 3.05) is 6.54 Å². The topological polar surface area (TPSA) is 105 Å². The van der Waals surface area contributed by atoms with Crippen molar-refractivity contribution in [2.24, 2.45) is 7.05 Å². The highest BCUT2D eigenvalue weighted by molar-refractivity contribution is 5.95. The fourth-order valence-corrected chi connectivity index (χ4v) is 3.49. The van der Waals surface area contributed by atoms with Gasteiger partial charge in [-0.15, -0.1) is 0 Å². The molecule has 3 rings (SSSR count). The van der Waals surface area contributed by atoms with Crippen molar-refractivity contribution in [1.82, 2.24) is 19.8 Å². The zero-order valence-electron chi connectivity index (χ0n) is 18.6. The molecule has 172 valence electrons. The molecule has 0 bridgehead atoms. The van der Waals surface area contributed by atoms with E-state index in [1.165, 1.54) is 36.2 Å². The minimum Gasteiger partial charge on any atom is -0.501 e. The summed E-state index contributed by atoms with van der Waals surface area (Å²) in [6, 6.07) is 13.6. The number of nitrogens with zero attached hydrogens (tertiary/aromatic N) is 3. The number of rotatable bonds is 7. The Bertz CT molecular complexity index is 1210. The van der Waals surface area contributed by atoms with Gasteiger partial charge in [0.05, 0.1) is 6.04 Å². The molecule has 2 amide bonds. The SMILES string of the molecule is CCN(C(=O)c1ccccc1)C(C)c1nc(C(=O)NCc2ccc(F)cc2)c(O)c(=O)n1C. The molecule has 2 N–H and O–H groups in total. The first-order chi connectivity index (χ1) is 15.7. The third-order valence-electron chi connectivity index (χ3n) is 5.35. The van der Waals surface area contributed by atoms with E-state index in [0.717, 1.165) is 4.57 Å². The Balaban J connectivity index is 1.90. The Morgan fingerprint density at radius 1 is 1.15 bits per heavy atom. The molecule has 1 aromatic heterocycles. The third-order valence-corrected chi connectivity index (χ3v) is 5.35. The van der Waals surface area contributed by atoms with Gasteiger partial charge in [0.2, 0.25) is 5.75 Å². The lowest BCUT2D eigenvalue weighted by Gasteiger charge is -2.29. The molecule has 0 saturated carbocycles. The first-order valence-corrected chi connectivity index (χ1v) is 10.4. The lowest BCUT2D eigenvalue weighted by molar-refractivity contribution is 0.0691. The van der Waals surface area contributed by atoms with Gasteiger partial charge in [0, 0.05) is 25.7 Å². The van der Waals surface area contributed by atoms with Crippen LogP contribution in [0.5, 0.6) is 5.75 Å². The summed E-state index contributed by atoms with van der Waals surface area (Å²) in [6.45, 7) is 3.88. The van der Waals surface area contributed by atoms with Crippen LogP contribution in [0.3, 0.4) is 0 Å². The molecule has 0 aliphatic heterocycles. The molecular formula is C24H25FN4O4. The van der Waals surface area contributed by atoms with Gasteiger partial charge in [-0.1, -0.05) is 30.3 Å². The Morgan fingerprint density at radius 3 is 2.39 bits per heavy atom. The summed E-state index contributed by atoms with van der Waals surface area (Å²) in [5.41, 5.74) is -0.133. The van der Waals surface area contributed by atoms with Crippen molar-refractivity contribution in [3.05, 3.63) is 93.4 Å². The normalized spacial score (nSPS) is 11.6. The number of halogens is 1. The maximum atomic E-state index is 13.1. The standard InChI is InChI=1S/C24H25FN4O4/c1-4-29(23(32)17-8-6-5-7-9-17)15(2)21-27-19(20(30)24(33)28(21)3)22(31)26-14-16-10-12-18(25)13-11-16/h5-13,15,30H,4,14H2,1-3H3,(H,26,31). The lowest BCUT2D eigenvalue weighted by atomic mass is 10.1. The highest BCUT2D eigenvalue weighted by Crippen LogP contribution is 2.22. The molecule has 1 unspecified atom stereocenters. The van der Waals surface area contributed by atoms with E-state index in [1.54, 1.807) is 44.2 Å². The van der Waals surface area contributed by atoms with Crippen LogP contribution in [-0.4, -0.2) is 37.9 Å². The monoisotopic (exact) mass is 452 g/mol. The molecule has 9 heteroatoms. The number of nitrogens with one attached hydrogen (secondary N) is 1. The van der Waals surface area contributed by atoms with Gasteiger partial charge in [0.1, 0.15) is 11.6 Å². The molecule has 8 nitrogen and oxygen atoms in total. The van der Waals surface area contributed by atoms with E-state index >= 15 is 0 Å². The second kappa shape index (κ2) is 10.1. The number of carbonyl (C=O) groups excluding carboxylic acids is 2. The molecular weight excluding hydrogens is 427 g/mol. The van der Waals surface area contributed by atoms with E-state index < -0.39 is 34.8 Å². The van der Waals surface area contributed by atoms with Crippen molar-refractivity contribution < 1.29 is 19.1 Å². The summed E-state index contributed by atoms with van der Waals surface area (Å²) >= 11 is 0. The van der Waals surface area contributed by atoms with Gasteiger partial charge in [-0.05, 0) is 43.7 Å². The first kappa shape index (κ1) is 23.6. The molecule has 0 saturated heterocycles. The van der Waals surface area contributed by atoms with Crippen LogP contribution in [0.2, 0.25) is 0 Å². The van der Waals surface area contributed by atoms with Crippen molar-refractivity contribution >= 4 is 11.8 Å². The Labute approximate surface area is 190 Å². The van der Waals surface area contributed by atoms with Crippen molar-refractivity contribution in [3.63, 3.8) is 0 Å². The summed E-state index contributed by atoms with van der Waals surface area (Å²) in [4.78, 5) is 44.1. The van der Waals surface area contributed by atoms with Crippen LogP contribution in [0.25, 0.3) is 0 Å². The molecule has 2 aromatic carbocycles. The molecule has 3 aromatic rings. The van der Waals surface area contributed by atoms with Gasteiger partial charge in [-0.2, -0.15) is 0 Å². The van der Waals surface area contributed by atoms with E-state index in [1.807, 2.05) is 0 Å². The van der Waals surface area contributed by atoms with Crippen LogP contribution >= 0.6 is 0 Å². The average Bonchev–Trinajstić information content (AvgIpc) is 2.83. The Hall–Kier alpha value is -4.01. The number of carbonyl (C=O) groups is 2. The van der Waals surface area contributed by atoms with E-state index in [-0.39, 0.29) is 18.3 Å². The van der Waals surface area contributed by atoms with Crippen molar-refractivity contribution in [3.8, 4) is 5.75 Å². The van der Waals surface area contributed by atoms with Gasteiger partial charge >= 0.3 is 0 Å². The van der Waals surface area contributed by atoms with Gasteiger partial charge in [-0.3, -0.25) is 19.0 Å². The molecule has 0 aliphatic rings. The number of amides is 2. The molecule has 0 spiro atoms. The zero-order valence-corrected chi connectivity index (χ0v) is 18.6. The van der Waals surface area contributed by atoms with Crippen molar-refractivity contribution in [1.29, 1.82) is 0 Å². The van der Waals surface area contributed by atoms with Gasteiger partial charge < -0.3 is 15.3 Å².